The van der Waals surface area contributed by atoms with Crippen molar-refractivity contribution in [2.24, 2.45) is 0 Å². The standard InChI is InChI=1S/C12H23NO4/c1-12(2,3)17-11(14)13-6-8-15-7-4-5-10-9-16-10/h10H,4-9H2,1-3H3,(H,13,14). The zero-order valence-electron chi connectivity index (χ0n) is 11.0. The van der Waals surface area contributed by atoms with Gasteiger partial charge in [-0.2, -0.15) is 0 Å². The molecular formula is C12H23NO4. The number of ether oxygens (including phenoxy) is 3. The highest BCUT2D eigenvalue weighted by Crippen LogP contribution is 2.14. The minimum absolute atomic E-state index is 0.396. The smallest absolute Gasteiger partial charge is 0.407 e. The molecule has 1 saturated heterocycles. The molecular weight excluding hydrogens is 222 g/mol. The van der Waals surface area contributed by atoms with Crippen LogP contribution in [0.2, 0.25) is 0 Å². The molecule has 1 unspecified atom stereocenters. The van der Waals surface area contributed by atoms with Crippen LogP contribution in [0.25, 0.3) is 0 Å². The Morgan fingerprint density at radius 3 is 2.71 bits per heavy atom. The highest BCUT2D eigenvalue weighted by atomic mass is 16.6. The summed E-state index contributed by atoms with van der Waals surface area (Å²) < 4.78 is 15.5. The first-order chi connectivity index (χ1) is 7.97. The van der Waals surface area contributed by atoms with E-state index < -0.39 is 11.7 Å². The Morgan fingerprint density at radius 2 is 2.12 bits per heavy atom. The van der Waals surface area contributed by atoms with Crippen molar-refractivity contribution < 1.29 is 19.0 Å². The highest BCUT2D eigenvalue weighted by molar-refractivity contribution is 5.67. The Kier molecular flexibility index (Phi) is 5.71. The molecule has 5 nitrogen and oxygen atoms in total. The van der Waals surface area contributed by atoms with Crippen molar-refractivity contribution in [1.82, 2.24) is 5.32 Å². The van der Waals surface area contributed by atoms with Crippen LogP contribution >= 0.6 is 0 Å². The van der Waals surface area contributed by atoms with Crippen molar-refractivity contribution in [3.05, 3.63) is 0 Å². The molecule has 0 spiro atoms. The van der Waals surface area contributed by atoms with E-state index in [1.165, 1.54) is 0 Å². The van der Waals surface area contributed by atoms with Crippen molar-refractivity contribution in [3.8, 4) is 0 Å². The van der Waals surface area contributed by atoms with Gasteiger partial charge in [0, 0.05) is 13.2 Å². The zero-order chi connectivity index (χ0) is 12.7. The molecule has 0 aliphatic carbocycles. The Morgan fingerprint density at radius 1 is 1.41 bits per heavy atom. The summed E-state index contributed by atoms with van der Waals surface area (Å²) in [7, 11) is 0. The van der Waals surface area contributed by atoms with Gasteiger partial charge in [-0.05, 0) is 33.6 Å². The Balaban J connectivity index is 1.84. The number of carbonyl (C=O) groups excluding carboxylic acids is 1. The van der Waals surface area contributed by atoms with E-state index in [1.54, 1.807) is 0 Å². The number of nitrogens with one attached hydrogen (secondary N) is 1. The number of alkyl carbamates (subject to hydrolysis) is 1. The lowest BCUT2D eigenvalue weighted by molar-refractivity contribution is 0.0498. The Labute approximate surface area is 103 Å². The van der Waals surface area contributed by atoms with Gasteiger partial charge < -0.3 is 19.5 Å². The molecule has 5 heteroatoms. The van der Waals surface area contributed by atoms with E-state index in [0.717, 1.165) is 26.1 Å². The van der Waals surface area contributed by atoms with Crippen LogP contribution in [0.1, 0.15) is 33.6 Å². The molecule has 1 N–H and O–H groups in total. The predicted octanol–water partition coefficient (Wildman–Crippen LogP) is 1.71. The lowest BCUT2D eigenvalue weighted by Crippen LogP contribution is -2.34. The molecule has 0 aromatic heterocycles. The maximum absolute atomic E-state index is 11.2. The second-order valence-corrected chi connectivity index (χ2v) is 5.14. The summed E-state index contributed by atoms with van der Waals surface area (Å²) in [6.45, 7) is 8.13. The Bertz CT molecular complexity index is 233. The predicted molar refractivity (Wildman–Crippen MR) is 64.0 cm³/mol. The monoisotopic (exact) mass is 245 g/mol. The zero-order valence-corrected chi connectivity index (χ0v) is 11.0. The average molecular weight is 245 g/mol. The van der Waals surface area contributed by atoms with Gasteiger partial charge in [0.2, 0.25) is 0 Å². The summed E-state index contributed by atoms with van der Waals surface area (Å²) >= 11 is 0. The highest BCUT2D eigenvalue weighted by Gasteiger charge is 2.21. The van der Waals surface area contributed by atoms with Crippen molar-refractivity contribution >= 4 is 6.09 Å². The minimum Gasteiger partial charge on any atom is -0.444 e. The number of hydrogen-bond donors (Lipinski definition) is 1. The molecule has 1 aliphatic heterocycles. The van der Waals surface area contributed by atoms with Gasteiger partial charge in [0.1, 0.15) is 5.60 Å². The quantitative estimate of drug-likeness (QED) is 0.548. The van der Waals surface area contributed by atoms with E-state index >= 15 is 0 Å². The van der Waals surface area contributed by atoms with Crippen LogP contribution in [0.15, 0.2) is 0 Å². The van der Waals surface area contributed by atoms with Gasteiger partial charge in [-0.3, -0.25) is 0 Å². The van der Waals surface area contributed by atoms with Crippen molar-refractivity contribution in [1.29, 1.82) is 0 Å². The number of amides is 1. The SMILES string of the molecule is CC(C)(C)OC(=O)NCCOCCCC1CO1. The molecule has 1 fully saturated rings. The second-order valence-electron chi connectivity index (χ2n) is 5.14. The molecule has 0 aromatic carbocycles. The van der Waals surface area contributed by atoms with Crippen LogP contribution in [0, 0.1) is 0 Å². The third-order valence-corrected chi connectivity index (χ3v) is 2.13. The lowest BCUT2D eigenvalue weighted by Gasteiger charge is -2.19. The van der Waals surface area contributed by atoms with E-state index in [1.807, 2.05) is 20.8 Å². The summed E-state index contributed by atoms with van der Waals surface area (Å²) in [5, 5.41) is 2.64. The molecule has 1 rings (SSSR count). The van der Waals surface area contributed by atoms with Gasteiger partial charge in [-0.1, -0.05) is 0 Å². The fourth-order valence-electron chi connectivity index (χ4n) is 1.29. The van der Waals surface area contributed by atoms with Gasteiger partial charge in [0.05, 0.1) is 19.3 Å². The van der Waals surface area contributed by atoms with Crippen LogP contribution in [0.5, 0.6) is 0 Å². The fourth-order valence-corrected chi connectivity index (χ4v) is 1.29. The van der Waals surface area contributed by atoms with E-state index in [0.29, 0.717) is 19.3 Å². The number of rotatable bonds is 7. The molecule has 17 heavy (non-hydrogen) atoms. The Hall–Kier alpha value is -0.810. The molecule has 100 valence electrons. The summed E-state index contributed by atoms with van der Waals surface area (Å²) in [6, 6.07) is 0. The summed E-state index contributed by atoms with van der Waals surface area (Å²) in [5.74, 6) is 0. The van der Waals surface area contributed by atoms with Gasteiger partial charge in [0.25, 0.3) is 0 Å². The first kappa shape index (κ1) is 14.3. The molecule has 0 saturated carbocycles. The maximum atomic E-state index is 11.2. The molecule has 0 radical (unpaired) electrons. The van der Waals surface area contributed by atoms with E-state index in [2.05, 4.69) is 5.32 Å². The lowest BCUT2D eigenvalue weighted by atomic mass is 10.2. The van der Waals surface area contributed by atoms with Gasteiger partial charge >= 0.3 is 6.09 Å². The summed E-state index contributed by atoms with van der Waals surface area (Å²) in [6.07, 6.45) is 2.15. The molecule has 0 bridgehead atoms. The van der Waals surface area contributed by atoms with Gasteiger partial charge in [0.15, 0.2) is 0 Å². The van der Waals surface area contributed by atoms with Gasteiger partial charge in [-0.25, -0.2) is 4.79 Å². The summed E-state index contributed by atoms with van der Waals surface area (Å²) in [5.41, 5.74) is -0.449. The van der Waals surface area contributed by atoms with E-state index in [4.69, 9.17) is 14.2 Å². The topological polar surface area (TPSA) is 60.1 Å². The molecule has 1 aliphatic rings. The second kappa shape index (κ2) is 6.81. The van der Waals surface area contributed by atoms with Crippen LogP contribution < -0.4 is 5.32 Å². The molecule has 1 atom stereocenters. The van der Waals surface area contributed by atoms with Crippen LogP contribution in [-0.4, -0.2) is 44.2 Å². The normalized spacial score (nSPS) is 18.9. The summed E-state index contributed by atoms with van der Waals surface area (Å²) in [4.78, 5) is 11.2. The first-order valence-electron chi connectivity index (χ1n) is 6.13. The van der Waals surface area contributed by atoms with Crippen molar-refractivity contribution in [2.45, 2.75) is 45.3 Å². The van der Waals surface area contributed by atoms with Crippen molar-refractivity contribution in [2.75, 3.05) is 26.4 Å². The number of epoxide rings is 1. The molecule has 1 heterocycles. The van der Waals surface area contributed by atoms with E-state index in [-0.39, 0.29) is 0 Å². The van der Waals surface area contributed by atoms with Crippen LogP contribution in [0.4, 0.5) is 4.79 Å². The first-order valence-corrected chi connectivity index (χ1v) is 6.13. The third-order valence-electron chi connectivity index (χ3n) is 2.13. The molecule has 0 aromatic rings. The van der Waals surface area contributed by atoms with Crippen molar-refractivity contribution in [3.63, 3.8) is 0 Å². The fraction of sp³-hybridized carbons (Fsp3) is 0.917. The third kappa shape index (κ3) is 8.94. The maximum Gasteiger partial charge on any atom is 0.407 e. The molecule has 1 amide bonds. The number of carbonyl (C=O) groups is 1. The number of hydrogen-bond acceptors (Lipinski definition) is 4. The van der Waals surface area contributed by atoms with Crippen LogP contribution in [0.3, 0.4) is 0 Å². The van der Waals surface area contributed by atoms with E-state index in [9.17, 15) is 4.79 Å². The van der Waals surface area contributed by atoms with Crippen LogP contribution in [-0.2, 0) is 14.2 Å². The largest absolute Gasteiger partial charge is 0.444 e. The average Bonchev–Trinajstić information content (AvgIpc) is 2.97. The van der Waals surface area contributed by atoms with Gasteiger partial charge in [-0.15, -0.1) is 0 Å². The minimum atomic E-state index is -0.449.